The molecular formula is C10H11N3O2. The highest BCUT2D eigenvalue weighted by molar-refractivity contribution is 5.30. The van der Waals surface area contributed by atoms with Crippen molar-refractivity contribution in [1.29, 1.82) is 0 Å². The molecular weight excluding hydrogens is 194 g/mol. The van der Waals surface area contributed by atoms with E-state index in [1.165, 1.54) is 0 Å². The molecule has 0 atom stereocenters. The molecule has 0 saturated carbocycles. The molecule has 0 spiro atoms. The van der Waals surface area contributed by atoms with Gasteiger partial charge in [0.2, 0.25) is 5.89 Å². The number of methoxy groups -OCH3 is 1. The van der Waals surface area contributed by atoms with Gasteiger partial charge in [0.05, 0.1) is 13.5 Å². The lowest BCUT2D eigenvalue weighted by Crippen LogP contribution is -1.90. The predicted molar refractivity (Wildman–Crippen MR) is 54.5 cm³/mol. The molecule has 78 valence electrons. The van der Waals surface area contributed by atoms with Crippen molar-refractivity contribution < 1.29 is 9.15 Å². The molecule has 5 heteroatoms. The molecule has 1 aromatic heterocycles. The average molecular weight is 205 g/mol. The maximum atomic E-state index is 5.32. The maximum Gasteiger partial charge on any atom is 0.312 e. The lowest BCUT2D eigenvalue weighted by Gasteiger charge is -2.01. The average Bonchev–Trinajstić information content (AvgIpc) is 2.64. The molecule has 1 heterocycles. The second-order valence-corrected chi connectivity index (χ2v) is 3.06. The zero-order chi connectivity index (χ0) is 10.7. The Kier molecular flexibility index (Phi) is 2.53. The molecule has 1 aromatic carbocycles. The van der Waals surface area contributed by atoms with Crippen molar-refractivity contribution in [3.63, 3.8) is 0 Å². The number of nitrogen functional groups attached to an aromatic ring is 1. The van der Waals surface area contributed by atoms with Crippen molar-refractivity contribution in [3.05, 3.63) is 35.7 Å². The Bertz CT molecular complexity index is 453. The lowest BCUT2D eigenvalue weighted by atomic mass is 10.1. The van der Waals surface area contributed by atoms with Crippen LogP contribution in [0.1, 0.15) is 11.5 Å². The highest BCUT2D eigenvalue weighted by atomic mass is 16.5. The molecule has 0 unspecified atom stereocenters. The first-order valence-corrected chi connectivity index (χ1v) is 4.48. The molecule has 0 aliphatic heterocycles. The Hall–Kier alpha value is -2.04. The number of nitrogens with two attached hydrogens (primary N) is 1. The van der Waals surface area contributed by atoms with Gasteiger partial charge in [0.1, 0.15) is 5.75 Å². The molecule has 5 nitrogen and oxygen atoms in total. The number of aromatic nitrogens is 2. The van der Waals surface area contributed by atoms with Gasteiger partial charge in [-0.2, -0.15) is 0 Å². The number of nitrogens with zero attached hydrogens (tertiary/aromatic N) is 2. The van der Waals surface area contributed by atoms with E-state index in [0.717, 1.165) is 11.3 Å². The largest absolute Gasteiger partial charge is 0.497 e. The summed E-state index contributed by atoms with van der Waals surface area (Å²) >= 11 is 0. The Morgan fingerprint density at radius 3 is 2.93 bits per heavy atom. The highest BCUT2D eigenvalue weighted by Crippen LogP contribution is 2.15. The Labute approximate surface area is 86.9 Å². The third-order valence-electron chi connectivity index (χ3n) is 1.97. The Morgan fingerprint density at radius 1 is 1.40 bits per heavy atom. The minimum absolute atomic E-state index is 0.0906. The van der Waals surface area contributed by atoms with Crippen LogP contribution in [0, 0.1) is 0 Å². The van der Waals surface area contributed by atoms with Crippen molar-refractivity contribution >= 4 is 6.01 Å². The van der Waals surface area contributed by atoms with E-state index in [0.29, 0.717) is 12.3 Å². The standard InChI is InChI=1S/C10H11N3O2/c1-14-8-4-2-3-7(5-8)6-9-12-13-10(11)15-9/h2-5H,6H2,1H3,(H2,11,13). The number of hydrogen-bond acceptors (Lipinski definition) is 5. The van der Waals surface area contributed by atoms with E-state index in [2.05, 4.69) is 10.2 Å². The first kappa shape index (κ1) is 9.51. The van der Waals surface area contributed by atoms with Crippen LogP contribution >= 0.6 is 0 Å². The topological polar surface area (TPSA) is 74.2 Å². The fourth-order valence-electron chi connectivity index (χ4n) is 1.30. The quantitative estimate of drug-likeness (QED) is 0.816. The normalized spacial score (nSPS) is 10.2. The summed E-state index contributed by atoms with van der Waals surface area (Å²) in [6.07, 6.45) is 0.557. The predicted octanol–water partition coefficient (Wildman–Crippen LogP) is 1.25. The van der Waals surface area contributed by atoms with E-state index in [-0.39, 0.29) is 6.01 Å². The van der Waals surface area contributed by atoms with E-state index in [1.807, 2.05) is 24.3 Å². The fraction of sp³-hybridized carbons (Fsp3) is 0.200. The SMILES string of the molecule is COc1cccc(Cc2nnc(N)o2)c1. The van der Waals surface area contributed by atoms with Crippen LogP contribution in [-0.2, 0) is 6.42 Å². The molecule has 0 aliphatic rings. The van der Waals surface area contributed by atoms with Gasteiger partial charge in [-0.1, -0.05) is 17.2 Å². The van der Waals surface area contributed by atoms with Crippen LogP contribution in [-0.4, -0.2) is 17.3 Å². The summed E-state index contributed by atoms with van der Waals surface area (Å²) in [6.45, 7) is 0. The monoisotopic (exact) mass is 205 g/mol. The Morgan fingerprint density at radius 2 is 2.27 bits per heavy atom. The van der Waals surface area contributed by atoms with Crippen molar-refractivity contribution in [3.8, 4) is 5.75 Å². The zero-order valence-corrected chi connectivity index (χ0v) is 8.30. The van der Waals surface area contributed by atoms with Crippen LogP contribution in [0.2, 0.25) is 0 Å². The number of ether oxygens (including phenoxy) is 1. The third-order valence-corrected chi connectivity index (χ3v) is 1.97. The molecule has 0 aliphatic carbocycles. The van der Waals surface area contributed by atoms with Crippen LogP contribution in [0.5, 0.6) is 5.75 Å². The molecule has 2 aromatic rings. The summed E-state index contributed by atoms with van der Waals surface area (Å²) in [4.78, 5) is 0. The van der Waals surface area contributed by atoms with Crippen LogP contribution in [0.3, 0.4) is 0 Å². The molecule has 0 saturated heterocycles. The van der Waals surface area contributed by atoms with Crippen molar-refractivity contribution in [2.24, 2.45) is 0 Å². The first-order valence-electron chi connectivity index (χ1n) is 4.48. The van der Waals surface area contributed by atoms with Crippen LogP contribution < -0.4 is 10.5 Å². The summed E-state index contributed by atoms with van der Waals surface area (Å²) in [5.74, 6) is 1.31. The van der Waals surface area contributed by atoms with E-state index in [9.17, 15) is 0 Å². The van der Waals surface area contributed by atoms with Gasteiger partial charge in [0, 0.05) is 0 Å². The van der Waals surface area contributed by atoms with E-state index in [1.54, 1.807) is 7.11 Å². The molecule has 15 heavy (non-hydrogen) atoms. The summed E-state index contributed by atoms with van der Waals surface area (Å²) in [5.41, 5.74) is 6.36. The van der Waals surface area contributed by atoms with Gasteiger partial charge >= 0.3 is 6.01 Å². The smallest absolute Gasteiger partial charge is 0.312 e. The minimum Gasteiger partial charge on any atom is -0.497 e. The summed E-state index contributed by atoms with van der Waals surface area (Å²) in [5, 5.41) is 7.37. The molecule has 0 amide bonds. The summed E-state index contributed by atoms with van der Waals surface area (Å²) in [6, 6.07) is 7.76. The van der Waals surface area contributed by atoms with Crippen LogP contribution in [0.15, 0.2) is 28.7 Å². The van der Waals surface area contributed by atoms with Gasteiger partial charge in [-0.25, -0.2) is 0 Å². The van der Waals surface area contributed by atoms with Gasteiger partial charge in [0.25, 0.3) is 0 Å². The van der Waals surface area contributed by atoms with Gasteiger partial charge < -0.3 is 14.9 Å². The molecule has 2 rings (SSSR count). The van der Waals surface area contributed by atoms with Crippen molar-refractivity contribution in [2.45, 2.75) is 6.42 Å². The van der Waals surface area contributed by atoms with Crippen LogP contribution in [0.25, 0.3) is 0 Å². The van der Waals surface area contributed by atoms with E-state index >= 15 is 0 Å². The van der Waals surface area contributed by atoms with Gasteiger partial charge in [-0.05, 0) is 17.7 Å². The third kappa shape index (κ3) is 2.25. The van der Waals surface area contributed by atoms with Crippen molar-refractivity contribution in [2.75, 3.05) is 12.8 Å². The molecule has 0 radical (unpaired) electrons. The summed E-state index contributed by atoms with van der Waals surface area (Å²) < 4.78 is 10.2. The van der Waals surface area contributed by atoms with E-state index < -0.39 is 0 Å². The number of benzene rings is 1. The van der Waals surface area contributed by atoms with Gasteiger partial charge in [0.15, 0.2) is 0 Å². The fourth-order valence-corrected chi connectivity index (χ4v) is 1.30. The highest BCUT2D eigenvalue weighted by Gasteiger charge is 2.04. The van der Waals surface area contributed by atoms with Gasteiger partial charge in [-0.15, -0.1) is 5.10 Å². The van der Waals surface area contributed by atoms with Crippen molar-refractivity contribution in [1.82, 2.24) is 10.2 Å². The Balaban J connectivity index is 2.16. The lowest BCUT2D eigenvalue weighted by molar-refractivity contribution is 0.414. The zero-order valence-electron chi connectivity index (χ0n) is 8.30. The molecule has 0 bridgehead atoms. The second kappa shape index (κ2) is 4.00. The van der Waals surface area contributed by atoms with Gasteiger partial charge in [-0.3, -0.25) is 0 Å². The second-order valence-electron chi connectivity index (χ2n) is 3.06. The van der Waals surface area contributed by atoms with Crippen LogP contribution in [0.4, 0.5) is 6.01 Å². The number of anilines is 1. The number of hydrogen-bond donors (Lipinski definition) is 1. The summed E-state index contributed by atoms with van der Waals surface area (Å²) in [7, 11) is 1.63. The minimum atomic E-state index is 0.0906. The maximum absolute atomic E-state index is 5.32. The molecule has 2 N–H and O–H groups in total. The number of rotatable bonds is 3. The molecule has 0 fully saturated rings. The van der Waals surface area contributed by atoms with E-state index in [4.69, 9.17) is 14.9 Å². The first-order chi connectivity index (χ1) is 7.28.